The molecule has 6 unspecified atom stereocenters. The van der Waals surface area contributed by atoms with Gasteiger partial charge in [-0.25, -0.2) is 4.79 Å². The van der Waals surface area contributed by atoms with Gasteiger partial charge in [0, 0.05) is 19.8 Å². The standard InChI is InChI=1S/C21H33N3O11/c1-5-10(2)17(22-12(4)27)21(34)35-14(6-7-15(28)29)19(32)24-18(11(3)26)20(33)23-13(9-25)8-16(30)31/h9-11,13-14,17-18,26H,5-8H2,1-4H3,(H,22,27)(H,23,33)(H,24,32)(H,28,29)(H,30,31). The van der Waals surface area contributed by atoms with Crippen molar-refractivity contribution in [3.8, 4) is 0 Å². The van der Waals surface area contributed by atoms with Gasteiger partial charge >= 0.3 is 17.9 Å². The minimum Gasteiger partial charge on any atom is -0.481 e. The number of rotatable bonds is 16. The lowest BCUT2D eigenvalue weighted by Gasteiger charge is -2.27. The van der Waals surface area contributed by atoms with Crippen LogP contribution in [0.2, 0.25) is 0 Å². The number of aliphatic carboxylic acids is 2. The average Bonchev–Trinajstić information content (AvgIpc) is 2.76. The second-order valence-electron chi connectivity index (χ2n) is 8.00. The summed E-state index contributed by atoms with van der Waals surface area (Å²) in [4.78, 5) is 82.2. The summed E-state index contributed by atoms with van der Waals surface area (Å²) in [6, 6.07) is -4.25. The van der Waals surface area contributed by atoms with E-state index >= 15 is 0 Å². The normalized spacial score (nSPS) is 15.8. The lowest BCUT2D eigenvalue weighted by molar-refractivity contribution is -0.161. The number of carbonyl (C=O) groups is 7. The Hall–Kier alpha value is -3.55. The number of esters is 1. The number of carboxylic acid groups (broad SMARTS) is 2. The SMILES string of the molecule is CCC(C)C(NC(C)=O)C(=O)OC(CCC(=O)O)C(=O)NC(C(=O)NC(C=O)CC(=O)O)C(C)O. The molecule has 35 heavy (non-hydrogen) atoms. The summed E-state index contributed by atoms with van der Waals surface area (Å²) in [7, 11) is 0. The first-order valence-corrected chi connectivity index (χ1v) is 10.9. The predicted octanol–water partition coefficient (Wildman–Crippen LogP) is -1.66. The zero-order valence-electron chi connectivity index (χ0n) is 20.0. The first kappa shape index (κ1) is 31.4. The Kier molecular flexibility index (Phi) is 13.8. The first-order valence-electron chi connectivity index (χ1n) is 10.9. The number of carbonyl (C=O) groups excluding carboxylic acids is 5. The minimum absolute atomic E-state index is 0.168. The smallest absolute Gasteiger partial charge is 0.329 e. The van der Waals surface area contributed by atoms with Gasteiger partial charge in [-0.3, -0.25) is 24.0 Å². The molecule has 0 spiro atoms. The van der Waals surface area contributed by atoms with Crippen molar-refractivity contribution in [2.45, 2.75) is 83.7 Å². The fraction of sp³-hybridized carbons (Fsp3) is 0.667. The molecule has 0 aliphatic rings. The van der Waals surface area contributed by atoms with Gasteiger partial charge in [-0.1, -0.05) is 20.3 Å². The molecule has 6 N–H and O–H groups in total. The van der Waals surface area contributed by atoms with Crippen LogP contribution in [-0.4, -0.2) is 87.6 Å². The molecular formula is C21H33N3O11. The lowest BCUT2D eigenvalue weighted by Crippen LogP contribution is -2.57. The van der Waals surface area contributed by atoms with Crippen LogP contribution in [0.4, 0.5) is 0 Å². The van der Waals surface area contributed by atoms with E-state index in [1.54, 1.807) is 13.8 Å². The zero-order valence-corrected chi connectivity index (χ0v) is 20.0. The molecule has 198 valence electrons. The van der Waals surface area contributed by atoms with Gasteiger partial charge < -0.3 is 40.8 Å². The van der Waals surface area contributed by atoms with Crippen LogP contribution in [-0.2, 0) is 38.3 Å². The maximum atomic E-state index is 12.8. The van der Waals surface area contributed by atoms with E-state index in [1.807, 2.05) is 0 Å². The molecule has 0 saturated heterocycles. The topological polar surface area (TPSA) is 225 Å². The molecule has 0 saturated carbocycles. The van der Waals surface area contributed by atoms with Gasteiger partial charge in [0.2, 0.25) is 11.8 Å². The van der Waals surface area contributed by atoms with Crippen LogP contribution in [0.3, 0.4) is 0 Å². The lowest BCUT2D eigenvalue weighted by atomic mass is 9.99. The number of nitrogens with one attached hydrogen (secondary N) is 3. The number of aliphatic hydroxyl groups is 1. The van der Waals surface area contributed by atoms with Crippen molar-refractivity contribution in [3.63, 3.8) is 0 Å². The maximum absolute atomic E-state index is 12.8. The quantitative estimate of drug-likeness (QED) is 0.103. The van der Waals surface area contributed by atoms with E-state index < -0.39 is 85.2 Å². The van der Waals surface area contributed by atoms with Gasteiger partial charge in [0.25, 0.3) is 5.91 Å². The van der Waals surface area contributed by atoms with Crippen molar-refractivity contribution in [2.24, 2.45) is 5.92 Å². The molecular weight excluding hydrogens is 470 g/mol. The number of ether oxygens (including phenoxy) is 1. The summed E-state index contributed by atoms with van der Waals surface area (Å²) >= 11 is 0. The van der Waals surface area contributed by atoms with Crippen LogP contribution >= 0.6 is 0 Å². The summed E-state index contributed by atoms with van der Waals surface area (Å²) in [6.45, 7) is 5.72. The molecule has 14 nitrogen and oxygen atoms in total. The summed E-state index contributed by atoms with van der Waals surface area (Å²) < 4.78 is 5.19. The van der Waals surface area contributed by atoms with Crippen molar-refractivity contribution < 1.29 is 53.6 Å². The molecule has 0 bridgehead atoms. The summed E-state index contributed by atoms with van der Waals surface area (Å²) in [5, 5.41) is 34.3. The van der Waals surface area contributed by atoms with Gasteiger partial charge in [0.1, 0.15) is 18.4 Å². The zero-order chi connectivity index (χ0) is 27.3. The van der Waals surface area contributed by atoms with E-state index in [0.29, 0.717) is 6.42 Å². The van der Waals surface area contributed by atoms with E-state index in [-0.39, 0.29) is 12.2 Å². The third-order valence-electron chi connectivity index (χ3n) is 4.95. The number of hydrogen-bond acceptors (Lipinski definition) is 9. The van der Waals surface area contributed by atoms with Crippen LogP contribution in [0, 0.1) is 5.92 Å². The molecule has 0 radical (unpaired) electrons. The van der Waals surface area contributed by atoms with E-state index in [1.165, 1.54) is 6.92 Å². The van der Waals surface area contributed by atoms with Gasteiger partial charge in [-0.15, -0.1) is 0 Å². The van der Waals surface area contributed by atoms with Crippen LogP contribution < -0.4 is 16.0 Å². The number of aliphatic hydroxyl groups excluding tert-OH is 1. The summed E-state index contributed by atoms with van der Waals surface area (Å²) in [5.74, 6) is -6.81. The minimum atomic E-state index is -1.70. The van der Waals surface area contributed by atoms with Crippen molar-refractivity contribution in [2.75, 3.05) is 0 Å². The highest BCUT2D eigenvalue weighted by atomic mass is 16.5. The van der Waals surface area contributed by atoms with Gasteiger partial charge in [-0.2, -0.15) is 0 Å². The number of carboxylic acids is 2. The highest BCUT2D eigenvalue weighted by molar-refractivity contribution is 5.93. The molecule has 0 rings (SSSR count). The number of aldehydes is 1. The van der Waals surface area contributed by atoms with E-state index in [9.17, 15) is 38.7 Å². The molecule has 0 aromatic rings. The third kappa shape index (κ3) is 11.9. The Balaban J connectivity index is 5.69. The van der Waals surface area contributed by atoms with Crippen molar-refractivity contribution in [1.29, 1.82) is 0 Å². The predicted molar refractivity (Wildman–Crippen MR) is 118 cm³/mol. The largest absolute Gasteiger partial charge is 0.481 e. The molecule has 0 fully saturated rings. The van der Waals surface area contributed by atoms with Crippen LogP contribution in [0.1, 0.15) is 53.4 Å². The van der Waals surface area contributed by atoms with Crippen LogP contribution in [0.5, 0.6) is 0 Å². The van der Waals surface area contributed by atoms with E-state index in [0.717, 1.165) is 6.92 Å². The molecule has 3 amide bonds. The fourth-order valence-corrected chi connectivity index (χ4v) is 2.85. The number of hydrogen-bond donors (Lipinski definition) is 6. The van der Waals surface area contributed by atoms with Gasteiger partial charge in [0.15, 0.2) is 6.10 Å². The molecule has 0 aromatic carbocycles. The Morgan fingerprint density at radius 2 is 1.51 bits per heavy atom. The second kappa shape index (κ2) is 15.4. The molecule has 0 aliphatic carbocycles. The number of amides is 3. The van der Waals surface area contributed by atoms with Gasteiger partial charge in [0.05, 0.1) is 18.6 Å². The molecule has 0 aromatic heterocycles. The van der Waals surface area contributed by atoms with E-state index in [2.05, 4.69) is 16.0 Å². The van der Waals surface area contributed by atoms with Crippen LogP contribution in [0.15, 0.2) is 0 Å². The van der Waals surface area contributed by atoms with Crippen LogP contribution in [0.25, 0.3) is 0 Å². The average molecular weight is 504 g/mol. The Morgan fingerprint density at radius 1 is 0.914 bits per heavy atom. The molecule has 14 heteroatoms. The Bertz CT molecular complexity index is 799. The molecule has 0 heterocycles. The monoisotopic (exact) mass is 503 g/mol. The summed E-state index contributed by atoms with van der Waals surface area (Å²) in [5.41, 5.74) is 0. The highest BCUT2D eigenvalue weighted by Gasteiger charge is 2.35. The fourth-order valence-electron chi connectivity index (χ4n) is 2.85. The summed E-state index contributed by atoms with van der Waals surface area (Å²) in [6.07, 6.45) is -4.41. The van der Waals surface area contributed by atoms with Crippen molar-refractivity contribution in [1.82, 2.24) is 16.0 Å². The second-order valence-corrected chi connectivity index (χ2v) is 8.00. The molecule has 6 atom stereocenters. The third-order valence-corrected chi connectivity index (χ3v) is 4.95. The Labute approximate surface area is 201 Å². The first-order chi connectivity index (χ1) is 16.2. The van der Waals surface area contributed by atoms with Crippen molar-refractivity contribution >= 4 is 41.9 Å². The van der Waals surface area contributed by atoms with Crippen molar-refractivity contribution in [3.05, 3.63) is 0 Å². The highest BCUT2D eigenvalue weighted by Crippen LogP contribution is 2.13. The maximum Gasteiger partial charge on any atom is 0.329 e. The van der Waals surface area contributed by atoms with E-state index in [4.69, 9.17) is 14.9 Å². The van der Waals surface area contributed by atoms with Gasteiger partial charge in [-0.05, 0) is 12.8 Å². The Morgan fingerprint density at radius 3 is 1.94 bits per heavy atom. The molecule has 0 aliphatic heterocycles.